The molecule has 1 N–H and O–H groups in total. The summed E-state index contributed by atoms with van der Waals surface area (Å²) < 4.78 is 1.79. The monoisotopic (exact) mass is 223 g/mol. The normalized spacial score (nSPS) is 20.0. The highest BCUT2D eigenvalue weighted by molar-refractivity contribution is 5.79. The predicted molar refractivity (Wildman–Crippen MR) is 57.8 cm³/mol. The SMILES string of the molecule is CCn1ncnc1CC1(O)CCC(=O)CC1. The average Bonchev–Trinajstić information content (AvgIpc) is 2.70. The number of aryl methyl sites for hydroxylation is 1. The van der Waals surface area contributed by atoms with Crippen molar-refractivity contribution in [3.8, 4) is 0 Å². The van der Waals surface area contributed by atoms with Crippen molar-refractivity contribution in [2.24, 2.45) is 0 Å². The van der Waals surface area contributed by atoms with E-state index in [1.54, 1.807) is 4.68 Å². The van der Waals surface area contributed by atoms with Crippen LogP contribution in [0.5, 0.6) is 0 Å². The molecule has 1 aromatic heterocycles. The maximum atomic E-state index is 11.1. The fourth-order valence-corrected chi connectivity index (χ4v) is 2.15. The van der Waals surface area contributed by atoms with Crippen molar-refractivity contribution in [3.63, 3.8) is 0 Å². The molecule has 0 radical (unpaired) electrons. The maximum Gasteiger partial charge on any atom is 0.138 e. The number of carbonyl (C=O) groups is 1. The lowest BCUT2D eigenvalue weighted by atomic mass is 9.82. The van der Waals surface area contributed by atoms with Crippen LogP contribution in [0.3, 0.4) is 0 Å². The Morgan fingerprint density at radius 3 is 2.81 bits per heavy atom. The van der Waals surface area contributed by atoms with E-state index in [1.807, 2.05) is 6.92 Å². The van der Waals surface area contributed by atoms with Crippen LogP contribution in [0.2, 0.25) is 0 Å². The van der Waals surface area contributed by atoms with Gasteiger partial charge in [0.2, 0.25) is 0 Å². The first-order chi connectivity index (χ1) is 7.63. The molecule has 1 aliphatic carbocycles. The molecule has 1 heterocycles. The first-order valence-electron chi connectivity index (χ1n) is 5.74. The van der Waals surface area contributed by atoms with Crippen molar-refractivity contribution in [2.45, 2.75) is 51.2 Å². The van der Waals surface area contributed by atoms with Crippen LogP contribution in [-0.2, 0) is 17.8 Å². The van der Waals surface area contributed by atoms with Crippen LogP contribution >= 0.6 is 0 Å². The van der Waals surface area contributed by atoms with E-state index in [4.69, 9.17) is 0 Å². The van der Waals surface area contributed by atoms with Crippen LogP contribution in [0.15, 0.2) is 6.33 Å². The van der Waals surface area contributed by atoms with Crippen LogP contribution in [0.4, 0.5) is 0 Å². The summed E-state index contributed by atoms with van der Waals surface area (Å²) in [4.78, 5) is 15.3. The van der Waals surface area contributed by atoms with Gasteiger partial charge in [-0.05, 0) is 19.8 Å². The second kappa shape index (κ2) is 4.33. The minimum absolute atomic E-state index is 0.252. The van der Waals surface area contributed by atoms with E-state index in [2.05, 4.69) is 10.1 Å². The van der Waals surface area contributed by atoms with Crippen molar-refractivity contribution >= 4 is 5.78 Å². The molecule has 0 bridgehead atoms. The molecule has 16 heavy (non-hydrogen) atoms. The fraction of sp³-hybridized carbons (Fsp3) is 0.727. The number of hydrogen-bond acceptors (Lipinski definition) is 4. The summed E-state index contributed by atoms with van der Waals surface area (Å²) in [5, 5.41) is 14.4. The molecular weight excluding hydrogens is 206 g/mol. The van der Waals surface area contributed by atoms with Crippen LogP contribution < -0.4 is 0 Å². The largest absolute Gasteiger partial charge is 0.389 e. The van der Waals surface area contributed by atoms with E-state index in [9.17, 15) is 9.90 Å². The minimum Gasteiger partial charge on any atom is -0.389 e. The van der Waals surface area contributed by atoms with Crippen LogP contribution in [0.25, 0.3) is 0 Å². The van der Waals surface area contributed by atoms with E-state index in [0.29, 0.717) is 32.1 Å². The molecule has 0 atom stereocenters. The highest BCUT2D eigenvalue weighted by atomic mass is 16.3. The zero-order chi connectivity index (χ0) is 11.6. The predicted octanol–water partition coefficient (Wildman–Crippen LogP) is 0.715. The number of ketones is 1. The molecule has 5 heteroatoms. The van der Waals surface area contributed by atoms with Gasteiger partial charge in [-0.3, -0.25) is 9.48 Å². The molecule has 1 aliphatic rings. The molecule has 1 fully saturated rings. The number of Topliss-reactive ketones (excluding diaryl/α,β-unsaturated/α-hetero) is 1. The van der Waals surface area contributed by atoms with Gasteiger partial charge in [0.1, 0.15) is 17.9 Å². The molecule has 0 spiro atoms. The Bertz CT molecular complexity index is 376. The Morgan fingerprint density at radius 1 is 1.50 bits per heavy atom. The van der Waals surface area contributed by atoms with Crippen LogP contribution in [-0.4, -0.2) is 31.3 Å². The third kappa shape index (κ3) is 2.29. The summed E-state index contributed by atoms with van der Waals surface area (Å²) in [6, 6.07) is 0. The minimum atomic E-state index is -0.770. The lowest BCUT2D eigenvalue weighted by molar-refractivity contribution is -0.125. The number of aliphatic hydroxyl groups is 1. The maximum absolute atomic E-state index is 11.1. The smallest absolute Gasteiger partial charge is 0.138 e. The number of aromatic nitrogens is 3. The van der Waals surface area contributed by atoms with Gasteiger partial charge in [-0.15, -0.1) is 0 Å². The van der Waals surface area contributed by atoms with Crippen molar-refractivity contribution < 1.29 is 9.90 Å². The molecular formula is C11H17N3O2. The van der Waals surface area contributed by atoms with Gasteiger partial charge in [0.05, 0.1) is 5.60 Å². The van der Waals surface area contributed by atoms with Crippen molar-refractivity contribution in [3.05, 3.63) is 12.2 Å². The number of nitrogens with zero attached hydrogens (tertiary/aromatic N) is 3. The number of rotatable bonds is 3. The molecule has 5 nitrogen and oxygen atoms in total. The molecule has 0 unspecified atom stereocenters. The second-order valence-electron chi connectivity index (χ2n) is 4.43. The van der Waals surface area contributed by atoms with Gasteiger partial charge in [0.15, 0.2) is 0 Å². The zero-order valence-corrected chi connectivity index (χ0v) is 9.52. The Kier molecular flexibility index (Phi) is 3.05. The Balaban J connectivity index is 2.06. The van der Waals surface area contributed by atoms with Gasteiger partial charge < -0.3 is 5.11 Å². The van der Waals surface area contributed by atoms with Crippen molar-refractivity contribution in [2.75, 3.05) is 0 Å². The van der Waals surface area contributed by atoms with E-state index in [-0.39, 0.29) is 5.78 Å². The third-order valence-electron chi connectivity index (χ3n) is 3.22. The van der Waals surface area contributed by atoms with Gasteiger partial charge in [-0.25, -0.2) is 4.98 Å². The molecule has 2 rings (SSSR count). The number of hydrogen-bond donors (Lipinski definition) is 1. The van der Waals surface area contributed by atoms with Crippen LogP contribution in [0.1, 0.15) is 38.4 Å². The topological polar surface area (TPSA) is 68.0 Å². The molecule has 88 valence electrons. The Hall–Kier alpha value is -1.23. The number of carbonyl (C=O) groups excluding carboxylic acids is 1. The van der Waals surface area contributed by atoms with Gasteiger partial charge in [-0.2, -0.15) is 5.10 Å². The second-order valence-corrected chi connectivity index (χ2v) is 4.43. The third-order valence-corrected chi connectivity index (χ3v) is 3.22. The molecule has 0 aromatic carbocycles. The van der Waals surface area contributed by atoms with E-state index >= 15 is 0 Å². The van der Waals surface area contributed by atoms with Gasteiger partial charge >= 0.3 is 0 Å². The molecule has 0 saturated heterocycles. The van der Waals surface area contributed by atoms with Crippen molar-refractivity contribution in [1.82, 2.24) is 14.8 Å². The summed E-state index contributed by atoms with van der Waals surface area (Å²) in [5.74, 6) is 1.06. The van der Waals surface area contributed by atoms with E-state index < -0.39 is 5.60 Å². The summed E-state index contributed by atoms with van der Waals surface area (Å²) in [6.07, 6.45) is 4.06. The summed E-state index contributed by atoms with van der Waals surface area (Å²) in [6.45, 7) is 2.75. The summed E-state index contributed by atoms with van der Waals surface area (Å²) in [5.41, 5.74) is -0.770. The van der Waals surface area contributed by atoms with Gasteiger partial charge in [0, 0.05) is 25.8 Å². The van der Waals surface area contributed by atoms with E-state index in [1.165, 1.54) is 6.33 Å². The first-order valence-corrected chi connectivity index (χ1v) is 5.74. The first kappa shape index (κ1) is 11.3. The highest BCUT2D eigenvalue weighted by Crippen LogP contribution is 2.28. The molecule has 1 aromatic rings. The van der Waals surface area contributed by atoms with Crippen LogP contribution in [0, 0.1) is 0 Å². The lowest BCUT2D eigenvalue weighted by Gasteiger charge is -2.30. The van der Waals surface area contributed by atoms with Crippen molar-refractivity contribution in [1.29, 1.82) is 0 Å². The van der Waals surface area contributed by atoms with Gasteiger partial charge in [0.25, 0.3) is 0 Å². The highest BCUT2D eigenvalue weighted by Gasteiger charge is 2.33. The van der Waals surface area contributed by atoms with E-state index in [0.717, 1.165) is 12.4 Å². The molecule has 0 amide bonds. The fourth-order valence-electron chi connectivity index (χ4n) is 2.15. The zero-order valence-electron chi connectivity index (χ0n) is 9.52. The standard InChI is InChI=1S/C11H17N3O2/c1-2-14-10(12-8-13-14)7-11(16)5-3-9(15)4-6-11/h8,16H,2-7H2,1H3. The average molecular weight is 223 g/mol. The Labute approximate surface area is 94.5 Å². The molecule has 1 saturated carbocycles. The molecule has 0 aliphatic heterocycles. The summed E-state index contributed by atoms with van der Waals surface area (Å²) >= 11 is 0. The quantitative estimate of drug-likeness (QED) is 0.819. The van der Waals surface area contributed by atoms with Gasteiger partial charge in [-0.1, -0.05) is 0 Å². The summed E-state index contributed by atoms with van der Waals surface area (Å²) in [7, 11) is 0. The lowest BCUT2D eigenvalue weighted by Crippen LogP contribution is -2.37. The Morgan fingerprint density at radius 2 is 2.19 bits per heavy atom.